The standard InChI is InChI=1S/C27H32N4O5S/c1-15(2)24(23-11-16(3)30-36-23)27(35)31-13-20(33)12-22(31)26(34)29-21(9-10-32)18-5-7-19(8-6-18)25-17(4)28-14-37-25/h5-8,10-11,14-15,20-22,24,33H,9,12-13H2,1-4H3,(H,29,34)/t20-,21+,22+,24-/m1/s1. The number of aliphatic hydroxyl groups is 1. The van der Waals surface area contributed by atoms with Crippen molar-refractivity contribution in [2.75, 3.05) is 6.54 Å². The van der Waals surface area contributed by atoms with Crippen LogP contribution in [0.15, 0.2) is 40.4 Å². The molecule has 3 heterocycles. The Kier molecular flexibility index (Phi) is 8.19. The Balaban J connectivity index is 1.53. The number of amides is 2. The van der Waals surface area contributed by atoms with Gasteiger partial charge in [-0.05, 0) is 30.9 Å². The van der Waals surface area contributed by atoms with E-state index in [-0.39, 0.29) is 31.2 Å². The van der Waals surface area contributed by atoms with E-state index in [0.29, 0.717) is 11.5 Å². The number of aromatic nitrogens is 2. The summed E-state index contributed by atoms with van der Waals surface area (Å²) in [6.45, 7) is 7.59. The minimum atomic E-state index is -0.860. The Morgan fingerprint density at radius 1 is 1.27 bits per heavy atom. The molecule has 4 atom stereocenters. The van der Waals surface area contributed by atoms with E-state index < -0.39 is 30.0 Å². The fraction of sp³-hybridized carbons (Fsp3) is 0.444. The van der Waals surface area contributed by atoms with Crippen LogP contribution >= 0.6 is 11.3 Å². The van der Waals surface area contributed by atoms with Crippen LogP contribution in [0.3, 0.4) is 0 Å². The smallest absolute Gasteiger partial charge is 0.243 e. The molecule has 2 N–H and O–H groups in total. The molecule has 0 radical (unpaired) electrons. The first kappa shape index (κ1) is 26.7. The van der Waals surface area contributed by atoms with Crippen molar-refractivity contribution in [3.63, 3.8) is 0 Å². The highest BCUT2D eigenvalue weighted by Crippen LogP contribution is 2.32. The lowest BCUT2D eigenvalue weighted by molar-refractivity contribution is -0.141. The van der Waals surface area contributed by atoms with E-state index in [1.807, 2.05) is 45.0 Å². The zero-order chi connectivity index (χ0) is 26.7. The van der Waals surface area contributed by atoms with E-state index >= 15 is 0 Å². The van der Waals surface area contributed by atoms with Crippen LogP contribution in [0, 0.1) is 19.8 Å². The Bertz CT molecular complexity index is 1250. The van der Waals surface area contributed by atoms with Crippen LogP contribution in [-0.2, 0) is 14.4 Å². The molecular formula is C27H32N4O5S. The minimum Gasteiger partial charge on any atom is -0.391 e. The van der Waals surface area contributed by atoms with Crippen LogP contribution in [0.25, 0.3) is 10.4 Å². The fourth-order valence-electron chi connectivity index (χ4n) is 4.84. The zero-order valence-electron chi connectivity index (χ0n) is 21.4. The number of rotatable bonds is 9. The molecule has 1 fully saturated rings. The van der Waals surface area contributed by atoms with Gasteiger partial charge in [-0.3, -0.25) is 9.59 Å². The maximum atomic E-state index is 13.6. The second kappa shape index (κ2) is 11.4. The van der Waals surface area contributed by atoms with E-state index in [1.165, 1.54) is 4.90 Å². The summed E-state index contributed by atoms with van der Waals surface area (Å²) in [5.74, 6) is -0.997. The average Bonchev–Trinajstić information content (AvgIpc) is 3.58. The lowest BCUT2D eigenvalue weighted by Crippen LogP contribution is -2.48. The summed E-state index contributed by atoms with van der Waals surface area (Å²) in [6, 6.07) is 7.97. The number of likely N-dealkylation sites (tertiary alicyclic amines) is 1. The summed E-state index contributed by atoms with van der Waals surface area (Å²) in [7, 11) is 0. The Morgan fingerprint density at radius 3 is 2.57 bits per heavy atom. The molecule has 4 rings (SSSR count). The normalized spacial score (nSPS) is 19.1. The highest BCUT2D eigenvalue weighted by atomic mass is 32.1. The third kappa shape index (κ3) is 5.80. The first-order chi connectivity index (χ1) is 17.7. The van der Waals surface area contributed by atoms with Crippen molar-refractivity contribution in [2.24, 2.45) is 5.92 Å². The number of hydrogen-bond acceptors (Lipinski definition) is 8. The van der Waals surface area contributed by atoms with Crippen molar-refractivity contribution >= 4 is 29.4 Å². The lowest BCUT2D eigenvalue weighted by atomic mass is 9.91. The topological polar surface area (TPSA) is 126 Å². The van der Waals surface area contributed by atoms with E-state index in [9.17, 15) is 19.5 Å². The van der Waals surface area contributed by atoms with Crippen molar-refractivity contribution in [3.8, 4) is 10.4 Å². The molecule has 0 bridgehead atoms. The minimum absolute atomic E-state index is 0.0501. The predicted octanol–water partition coefficient (Wildman–Crippen LogP) is 3.56. The quantitative estimate of drug-likeness (QED) is 0.410. The molecule has 2 amide bonds. The van der Waals surface area contributed by atoms with Crippen LogP contribution in [0.1, 0.15) is 61.4 Å². The summed E-state index contributed by atoms with van der Waals surface area (Å²) in [6.07, 6.45) is 0.143. The van der Waals surface area contributed by atoms with Crippen LogP contribution in [-0.4, -0.2) is 56.9 Å². The van der Waals surface area contributed by atoms with E-state index in [4.69, 9.17) is 4.52 Å². The van der Waals surface area contributed by atoms with Gasteiger partial charge in [-0.2, -0.15) is 0 Å². The maximum absolute atomic E-state index is 13.6. The molecule has 0 unspecified atom stereocenters. The lowest BCUT2D eigenvalue weighted by Gasteiger charge is -2.29. The number of thiazole rings is 1. The van der Waals surface area contributed by atoms with Gasteiger partial charge in [0.25, 0.3) is 0 Å². The number of β-amino-alcohol motifs (C(OH)–C–C–N with tert-alkyl or cyclic N) is 1. The molecular weight excluding hydrogens is 492 g/mol. The molecule has 1 aliphatic heterocycles. The van der Waals surface area contributed by atoms with Gasteiger partial charge in [0.05, 0.1) is 33.9 Å². The highest BCUT2D eigenvalue weighted by molar-refractivity contribution is 7.13. The van der Waals surface area contributed by atoms with Gasteiger partial charge in [-0.1, -0.05) is 43.3 Å². The molecule has 0 aliphatic carbocycles. The fourth-order valence-corrected chi connectivity index (χ4v) is 5.65. The maximum Gasteiger partial charge on any atom is 0.243 e. The molecule has 196 valence electrons. The molecule has 9 nitrogen and oxygen atoms in total. The molecule has 0 spiro atoms. The average molecular weight is 525 g/mol. The molecule has 1 aliphatic rings. The SMILES string of the molecule is Cc1cc([C@H](C(=O)N2C[C@H](O)C[C@H]2C(=O)N[C@@H](CC=O)c2ccc(-c3scnc3C)cc2)C(C)C)on1. The van der Waals surface area contributed by atoms with Gasteiger partial charge in [0.2, 0.25) is 11.8 Å². The molecule has 2 aromatic heterocycles. The van der Waals surface area contributed by atoms with Crippen LogP contribution in [0.4, 0.5) is 0 Å². The summed E-state index contributed by atoms with van der Waals surface area (Å²) in [4.78, 5) is 45.3. The number of carbonyl (C=O) groups excluding carboxylic acids is 3. The van der Waals surface area contributed by atoms with Crippen LogP contribution < -0.4 is 5.32 Å². The summed E-state index contributed by atoms with van der Waals surface area (Å²) >= 11 is 1.55. The summed E-state index contributed by atoms with van der Waals surface area (Å²) in [5, 5.41) is 17.2. The Hall–Kier alpha value is -3.37. The molecule has 1 saturated heterocycles. The molecule has 37 heavy (non-hydrogen) atoms. The number of aryl methyl sites for hydroxylation is 2. The number of hydrogen-bond donors (Lipinski definition) is 2. The number of aldehydes is 1. The van der Waals surface area contributed by atoms with Gasteiger partial charge in [0.1, 0.15) is 24.0 Å². The molecule has 10 heteroatoms. The number of aliphatic hydroxyl groups excluding tert-OH is 1. The van der Waals surface area contributed by atoms with Gasteiger partial charge in [0.15, 0.2) is 0 Å². The number of nitrogens with zero attached hydrogens (tertiary/aromatic N) is 3. The number of benzene rings is 1. The van der Waals surface area contributed by atoms with Gasteiger partial charge in [0, 0.05) is 25.5 Å². The summed E-state index contributed by atoms with van der Waals surface area (Å²) < 4.78 is 5.39. The van der Waals surface area contributed by atoms with Gasteiger partial charge < -0.3 is 24.6 Å². The van der Waals surface area contributed by atoms with Crippen molar-refractivity contribution in [2.45, 2.75) is 64.6 Å². The van der Waals surface area contributed by atoms with Crippen molar-refractivity contribution in [3.05, 3.63) is 58.6 Å². The van der Waals surface area contributed by atoms with Gasteiger partial charge in [-0.15, -0.1) is 11.3 Å². The second-order valence-electron chi connectivity index (χ2n) is 9.84. The van der Waals surface area contributed by atoms with Gasteiger partial charge in [-0.25, -0.2) is 4.98 Å². The largest absolute Gasteiger partial charge is 0.391 e. The third-order valence-electron chi connectivity index (χ3n) is 6.72. The Morgan fingerprint density at radius 2 is 2.00 bits per heavy atom. The van der Waals surface area contributed by atoms with E-state index in [0.717, 1.165) is 28.0 Å². The predicted molar refractivity (Wildman–Crippen MR) is 139 cm³/mol. The van der Waals surface area contributed by atoms with E-state index in [1.54, 1.807) is 29.8 Å². The Labute approximate surface area is 219 Å². The van der Waals surface area contributed by atoms with Crippen molar-refractivity contribution in [1.82, 2.24) is 20.4 Å². The molecule has 1 aromatic carbocycles. The number of carbonyl (C=O) groups is 3. The van der Waals surface area contributed by atoms with Crippen LogP contribution in [0.5, 0.6) is 0 Å². The summed E-state index contributed by atoms with van der Waals surface area (Å²) in [5.41, 5.74) is 5.19. The first-order valence-electron chi connectivity index (χ1n) is 12.4. The van der Waals surface area contributed by atoms with E-state index in [2.05, 4.69) is 15.5 Å². The van der Waals surface area contributed by atoms with Crippen molar-refractivity contribution < 1.29 is 24.0 Å². The zero-order valence-corrected chi connectivity index (χ0v) is 22.2. The number of nitrogens with one attached hydrogen (secondary N) is 1. The monoisotopic (exact) mass is 524 g/mol. The van der Waals surface area contributed by atoms with Crippen molar-refractivity contribution in [1.29, 1.82) is 0 Å². The second-order valence-corrected chi connectivity index (χ2v) is 10.7. The third-order valence-corrected chi connectivity index (χ3v) is 7.70. The van der Waals surface area contributed by atoms with Crippen LogP contribution in [0.2, 0.25) is 0 Å². The highest BCUT2D eigenvalue weighted by Gasteiger charge is 2.43. The molecule has 3 aromatic rings. The van der Waals surface area contributed by atoms with Gasteiger partial charge >= 0.3 is 0 Å². The molecule has 0 saturated carbocycles. The first-order valence-corrected chi connectivity index (χ1v) is 13.2.